The molecule has 0 N–H and O–H groups in total. The highest BCUT2D eigenvalue weighted by Crippen LogP contribution is 2.33. The van der Waals surface area contributed by atoms with Gasteiger partial charge in [-0.2, -0.15) is 0 Å². The minimum absolute atomic E-state index is 0.104. The molecule has 1 heterocycles. The third-order valence-corrected chi connectivity index (χ3v) is 5.13. The van der Waals surface area contributed by atoms with E-state index in [2.05, 4.69) is 16.6 Å². The van der Waals surface area contributed by atoms with Crippen LogP contribution in [0.1, 0.15) is 42.2 Å². The van der Waals surface area contributed by atoms with Crippen molar-refractivity contribution in [1.82, 2.24) is 0 Å². The minimum atomic E-state index is -0.748. The van der Waals surface area contributed by atoms with Gasteiger partial charge in [0, 0.05) is 28.3 Å². The van der Waals surface area contributed by atoms with Crippen molar-refractivity contribution in [3.05, 3.63) is 88.5 Å². The quantitative estimate of drug-likeness (QED) is 0.250. The SMILES string of the molecule is COC(=O)c1ccc(C(=O)C(=O)c2cc3c(cc2C#Cc2ccc(OC)cc2)OCCO3)cc1. The van der Waals surface area contributed by atoms with E-state index >= 15 is 0 Å². The molecule has 0 saturated heterocycles. The molecule has 3 aromatic rings. The van der Waals surface area contributed by atoms with Gasteiger partial charge in [-0.25, -0.2) is 4.79 Å². The van der Waals surface area contributed by atoms with Gasteiger partial charge in [-0.05, 0) is 42.5 Å². The highest BCUT2D eigenvalue weighted by molar-refractivity contribution is 6.49. The molecule has 0 aliphatic carbocycles. The van der Waals surface area contributed by atoms with Gasteiger partial charge in [0.05, 0.1) is 19.8 Å². The lowest BCUT2D eigenvalue weighted by atomic mass is 9.96. The van der Waals surface area contributed by atoms with E-state index in [1.54, 1.807) is 37.4 Å². The van der Waals surface area contributed by atoms with Gasteiger partial charge >= 0.3 is 5.97 Å². The summed E-state index contributed by atoms with van der Waals surface area (Å²) in [6.07, 6.45) is 0. The molecule has 0 saturated carbocycles. The van der Waals surface area contributed by atoms with Gasteiger partial charge in [0.15, 0.2) is 11.5 Å². The number of ether oxygens (including phenoxy) is 4. The Morgan fingerprint density at radius 3 is 2.00 bits per heavy atom. The van der Waals surface area contributed by atoms with Crippen LogP contribution in [0.25, 0.3) is 0 Å². The first-order valence-corrected chi connectivity index (χ1v) is 10.4. The summed E-state index contributed by atoms with van der Waals surface area (Å²) in [6, 6.07) is 15.9. The maximum absolute atomic E-state index is 13.2. The Morgan fingerprint density at radius 1 is 0.765 bits per heavy atom. The van der Waals surface area contributed by atoms with Crippen LogP contribution in [0.5, 0.6) is 17.2 Å². The summed E-state index contributed by atoms with van der Waals surface area (Å²) in [5, 5.41) is 0. The molecule has 7 heteroatoms. The summed E-state index contributed by atoms with van der Waals surface area (Å²) < 4.78 is 21.0. The van der Waals surface area contributed by atoms with Crippen molar-refractivity contribution in [2.45, 2.75) is 0 Å². The average Bonchev–Trinajstić information content (AvgIpc) is 2.90. The van der Waals surface area contributed by atoms with E-state index in [9.17, 15) is 14.4 Å². The van der Waals surface area contributed by atoms with Crippen molar-refractivity contribution < 1.29 is 33.3 Å². The molecule has 1 aliphatic rings. The maximum atomic E-state index is 13.2. The zero-order valence-corrected chi connectivity index (χ0v) is 18.5. The van der Waals surface area contributed by atoms with E-state index in [4.69, 9.17) is 14.2 Å². The van der Waals surface area contributed by atoms with Crippen LogP contribution in [0.3, 0.4) is 0 Å². The molecular formula is C27H20O7. The first-order valence-electron chi connectivity index (χ1n) is 10.4. The lowest BCUT2D eigenvalue weighted by Gasteiger charge is -2.19. The summed E-state index contributed by atoms with van der Waals surface area (Å²) in [6.45, 7) is 0.706. The van der Waals surface area contributed by atoms with Crippen LogP contribution < -0.4 is 14.2 Å². The minimum Gasteiger partial charge on any atom is -0.497 e. The van der Waals surface area contributed by atoms with E-state index < -0.39 is 17.5 Å². The molecule has 1 aliphatic heterocycles. The van der Waals surface area contributed by atoms with Crippen LogP contribution in [0.4, 0.5) is 0 Å². The normalized spacial score (nSPS) is 11.6. The molecule has 0 amide bonds. The summed E-state index contributed by atoms with van der Waals surface area (Å²) in [5.41, 5.74) is 1.56. The lowest BCUT2D eigenvalue weighted by molar-refractivity contribution is 0.0600. The number of fused-ring (bicyclic) bond motifs is 1. The Bertz CT molecular complexity index is 1310. The number of hydrogen-bond acceptors (Lipinski definition) is 7. The second-order valence-corrected chi connectivity index (χ2v) is 7.25. The zero-order chi connectivity index (χ0) is 24.1. The summed E-state index contributed by atoms with van der Waals surface area (Å²) >= 11 is 0. The third kappa shape index (κ3) is 4.76. The fourth-order valence-corrected chi connectivity index (χ4v) is 3.32. The van der Waals surface area contributed by atoms with Gasteiger partial charge in [0.2, 0.25) is 11.6 Å². The van der Waals surface area contributed by atoms with Gasteiger partial charge in [0.1, 0.15) is 19.0 Å². The van der Waals surface area contributed by atoms with E-state index in [1.165, 1.54) is 37.4 Å². The first-order chi connectivity index (χ1) is 16.5. The van der Waals surface area contributed by atoms with Crippen LogP contribution in [0.15, 0.2) is 60.7 Å². The number of ketones is 2. The number of methoxy groups -OCH3 is 2. The average molecular weight is 456 g/mol. The fraction of sp³-hybridized carbons (Fsp3) is 0.148. The van der Waals surface area contributed by atoms with E-state index in [0.717, 1.165) is 0 Å². The second-order valence-electron chi connectivity index (χ2n) is 7.25. The van der Waals surface area contributed by atoms with Crippen LogP contribution in [0.2, 0.25) is 0 Å². The highest BCUT2D eigenvalue weighted by atomic mass is 16.6. The molecule has 0 aromatic heterocycles. The molecule has 0 bridgehead atoms. The van der Waals surface area contributed by atoms with Crippen molar-refractivity contribution >= 4 is 17.5 Å². The molecule has 34 heavy (non-hydrogen) atoms. The van der Waals surface area contributed by atoms with Gasteiger partial charge in [-0.3, -0.25) is 9.59 Å². The number of Topliss-reactive ketones (excluding diaryl/α,β-unsaturated/α-hetero) is 2. The molecular weight excluding hydrogens is 436 g/mol. The standard InChI is InChI=1S/C27H20O7/c1-31-21-11-4-17(5-12-21)3-6-20-15-23-24(34-14-13-33-23)16-22(20)26(29)25(28)18-7-9-19(10-8-18)27(30)32-2/h4-5,7-12,15-16H,13-14H2,1-2H3. The topological polar surface area (TPSA) is 88.1 Å². The number of esters is 1. The Kier molecular flexibility index (Phi) is 6.60. The summed E-state index contributed by atoms with van der Waals surface area (Å²) in [5.74, 6) is 5.49. The van der Waals surface area contributed by atoms with Crippen molar-refractivity contribution in [2.75, 3.05) is 27.4 Å². The predicted molar refractivity (Wildman–Crippen MR) is 123 cm³/mol. The van der Waals surface area contributed by atoms with Crippen molar-refractivity contribution in [1.29, 1.82) is 0 Å². The maximum Gasteiger partial charge on any atom is 0.337 e. The number of hydrogen-bond donors (Lipinski definition) is 0. The molecule has 0 fully saturated rings. The molecule has 0 spiro atoms. The van der Waals surface area contributed by atoms with E-state index in [0.29, 0.717) is 41.6 Å². The van der Waals surface area contributed by atoms with E-state index in [-0.39, 0.29) is 16.7 Å². The number of benzene rings is 3. The van der Waals surface area contributed by atoms with Gasteiger partial charge < -0.3 is 18.9 Å². The molecule has 0 atom stereocenters. The highest BCUT2D eigenvalue weighted by Gasteiger charge is 2.25. The van der Waals surface area contributed by atoms with Crippen molar-refractivity contribution in [2.24, 2.45) is 0 Å². The largest absolute Gasteiger partial charge is 0.497 e. The van der Waals surface area contributed by atoms with E-state index in [1.807, 2.05) is 0 Å². The fourth-order valence-electron chi connectivity index (χ4n) is 3.32. The number of carbonyl (C=O) groups excluding carboxylic acids is 3. The Morgan fingerprint density at radius 2 is 1.38 bits per heavy atom. The molecule has 7 nitrogen and oxygen atoms in total. The Hall–Kier alpha value is -4.57. The molecule has 3 aromatic carbocycles. The van der Waals surface area contributed by atoms with Gasteiger partial charge in [0.25, 0.3) is 0 Å². The predicted octanol–water partition coefficient (Wildman–Crippen LogP) is 3.72. The van der Waals surface area contributed by atoms with Gasteiger partial charge in [-0.1, -0.05) is 24.0 Å². The lowest BCUT2D eigenvalue weighted by Crippen LogP contribution is -2.19. The molecule has 0 unspecified atom stereocenters. The van der Waals surface area contributed by atoms with Crippen molar-refractivity contribution in [3.8, 4) is 29.1 Å². The zero-order valence-electron chi connectivity index (χ0n) is 18.5. The summed E-state index contributed by atoms with van der Waals surface area (Å²) in [7, 11) is 2.84. The Labute approximate surface area is 196 Å². The molecule has 4 rings (SSSR count). The van der Waals surface area contributed by atoms with Crippen LogP contribution in [-0.2, 0) is 4.74 Å². The second kappa shape index (κ2) is 9.92. The summed E-state index contributed by atoms with van der Waals surface area (Å²) in [4.78, 5) is 37.8. The monoisotopic (exact) mass is 456 g/mol. The number of carbonyl (C=O) groups is 3. The van der Waals surface area contributed by atoms with Crippen LogP contribution in [0, 0.1) is 11.8 Å². The Balaban J connectivity index is 1.69. The third-order valence-electron chi connectivity index (χ3n) is 5.13. The van der Waals surface area contributed by atoms with Gasteiger partial charge in [-0.15, -0.1) is 0 Å². The van der Waals surface area contributed by atoms with Crippen molar-refractivity contribution in [3.63, 3.8) is 0 Å². The van der Waals surface area contributed by atoms with Crippen LogP contribution >= 0.6 is 0 Å². The molecule has 0 radical (unpaired) electrons. The molecule has 170 valence electrons. The first kappa shape index (κ1) is 22.6. The van der Waals surface area contributed by atoms with Crippen LogP contribution in [-0.4, -0.2) is 45.0 Å². The smallest absolute Gasteiger partial charge is 0.337 e. The number of rotatable bonds is 5.